The molecule has 3 saturated heterocycles. The van der Waals surface area contributed by atoms with E-state index in [0.717, 1.165) is 19.1 Å². The van der Waals surface area contributed by atoms with E-state index in [1.165, 1.54) is 71.2 Å². The summed E-state index contributed by atoms with van der Waals surface area (Å²) in [5.41, 5.74) is 0.628. The molecule has 1 spiro atoms. The SMILES string of the molecule is C1CNCC(CCN2CCC3(CCOCC3)C2)C1. The zero-order valence-corrected chi connectivity index (χ0v) is 11.6. The van der Waals surface area contributed by atoms with Crippen molar-refractivity contribution >= 4 is 0 Å². The lowest BCUT2D eigenvalue weighted by Crippen LogP contribution is -2.35. The van der Waals surface area contributed by atoms with Crippen LogP contribution in [0.25, 0.3) is 0 Å². The molecule has 3 aliphatic rings. The molecule has 0 aromatic carbocycles. The molecule has 0 aromatic rings. The molecule has 3 rings (SSSR count). The Bertz CT molecular complexity index is 257. The molecular weight excluding hydrogens is 224 g/mol. The highest BCUT2D eigenvalue weighted by molar-refractivity contribution is 4.91. The van der Waals surface area contributed by atoms with Gasteiger partial charge in [-0.25, -0.2) is 0 Å². The molecule has 104 valence electrons. The van der Waals surface area contributed by atoms with Crippen LogP contribution in [0.1, 0.15) is 38.5 Å². The highest BCUT2D eigenvalue weighted by Crippen LogP contribution is 2.39. The van der Waals surface area contributed by atoms with Gasteiger partial charge in [-0.1, -0.05) is 0 Å². The van der Waals surface area contributed by atoms with Crippen LogP contribution in [0.5, 0.6) is 0 Å². The summed E-state index contributed by atoms with van der Waals surface area (Å²) in [6.07, 6.45) is 8.24. The van der Waals surface area contributed by atoms with Gasteiger partial charge < -0.3 is 15.0 Å². The molecule has 3 heteroatoms. The number of likely N-dealkylation sites (tertiary alicyclic amines) is 1. The second-order valence-electron chi connectivity index (χ2n) is 6.64. The smallest absolute Gasteiger partial charge is 0.0471 e. The molecule has 3 fully saturated rings. The third-order valence-corrected chi connectivity index (χ3v) is 5.32. The summed E-state index contributed by atoms with van der Waals surface area (Å²) in [6.45, 7) is 8.50. The van der Waals surface area contributed by atoms with E-state index in [0.29, 0.717) is 5.41 Å². The van der Waals surface area contributed by atoms with Gasteiger partial charge in [0.15, 0.2) is 0 Å². The Hall–Kier alpha value is -0.120. The van der Waals surface area contributed by atoms with Crippen LogP contribution in [-0.4, -0.2) is 50.8 Å². The largest absolute Gasteiger partial charge is 0.381 e. The number of hydrogen-bond donors (Lipinski definition) is 1. The fourth-order valence-corrected chi connectivity index (χ4v) is 3.97. The van der Waals surface area contributed by atoms with Crippen LogP contribution < -0.4 is 5.32 Å². The van der Waals surface area contributed by atoms with Crippen molar-refractivity contribution in [3.63, 3.8) is 0 Å². The van der Waals surface area contributed by atoms with Gasteiger partial charge in [-0.15, -0.1) is 0 Å². The van der Waals surface area contributed by atoms with E-state index in [-0.39, 0.29) is 0 Å². The minimum Gasteiger partial charge on any atom is -0.381 e. The summed E-state index contributed by atoms with van der Waals surface area (Å²) in [5, 5.41) is 3.53. The Balaban J connectivity index is 1.41. The topological polar surface area (TPSA) is 24.5 Å². The maximum Gasteiger partial charge on any atom is 0.0471 e. The minimum absolute atomic E-state index is 0.628. The lowest BCUT2D eigenvalue weighted by molar-refractivity contribution is 0.0191. The van der Waals surface area contributed by atoms with Gasteiger partial charge in [0.05, 0.1) is 0 Å². The Morgan fingerprint density at radius 1 is 1.22 bits per heavy atom. The molecule has 3 heterocycles. The number of rotatable bonds is 3. The summed E-state index contributed by atoms with van der Waals surface area (Å²) in [6, 6.07) is 0. The molecule has 1 N–H and O–H groups in total. The first-order valence-corrected chi connectivity index (χ1v) is 7.87. The van der Waals surface area contributed by atoms with E-state index in [9.17, 15) is 0 Å². The molecule has 1 unspecified atom stereocenters. The Morgan fingerprint density at radius 3 is 2.89 bits per heavy atom. The average molecular weight is 252 g/mol. The van der Waals surface area contributed by atoms with Gasteiger partial charge in [0.2, 0.25) is 0 Å². The van der Waals surface area contributed by atoms with Crippen LogP contribution in [0.2, 0.25) is 0 Å². The number of nitrogens with zero attached hydrogens (tertiary/aromatic N) is 1. The van der Waals surface area contributed by atoms with Gasteiger partial charge in [-0.3, -0.25) is 0 Å². The molecular formula is C15H28N2O. The standard InChI is InChI=1S/C15H28N2O/c1-2-14(12-16-7-1)3-8-17-9-4-15(13-17)5-10-18-11-6-15/h14,16H,1-13H2. The van der Waals surface area contributed by atoms with Crippen molar-refractivity contribution in [2.45, 2.75) is 38.5 Å². The summed E-state index contributed by atoms with van der Waals surface area (Å²) < 4.78 is 5.52. The first-order valence-electron chi connectivity index (χ1n) is 7.87. The minimum atomic E-state index is 0.628. The van der Waals surface area contributed by atoms with Crippen molar-refractivity contribution in [2.24, 2.45) is 11.3 Å². The quantitative estimate of drug-likeness (QED) is 0.830. The first kappa shape index (κ1) is 12.9. The predicted octanol–water partition coefficient (Wildman–Crippen LogP) is 1.88. The number of ether oxygens (including phenoxy) is 1. The average Bonchev–Trinajstić information content (AvgIpc) is 2.82. The van der Waals surface area contributed by atoms with E-state index in [1.54, 1.807) is 0 Å². The van der Waals surface area contributed by atoms with Gasteiger partial charge in [0.1, 0.15) is 0 Å². The highest BCUT2D eigenvalue weighted by atomic mass is 16.5. The second-order valence-corrected chi connectivity index (χ2v) is 6.64. The van der Waals surface area contributed by atoms with E-state index in [2.05, 4.69) is 10.2 Å². The van der Waals surface area contributed by atoms with Gasteiger partial charge in [0.25, 0.3) is 0 Å². The Morgan fingerprint density at radius 2 is 2.11 bits per heavy atom. The van der Waals surface area contributed by atoms with Crippen LogP contribution >= 0.6 is 0 Å². The fourth-order valence-electron chi connectivity index (χ4n) is 3.97. The summed E-state index contributed by atoms with van der Waals surface area (Å²) >= 11 is 0. The summed E-state index contributed by atoms with van der Waals surface area (Å²) in [5.74, 6) is 0.935. The van der Waals surface area contributed by atoms with Gasteiger partial charge in [-0.2, -0.15) is 0 Å². The monoisotopic (exact) mass is 252 g/mol. The zero-order valence-electron chi connectivity index (χ0n) is 11.6. The van der Waals surface area contributed by atoms with Gasteiger partial charge in [-0.05, 0) is 76.0 Å². The highest BCUT2D eigenvalue weighted by Gasteiger charge is 2.39. The first-order chi connectivity index (χ1) is 8.86. The molecule has 0 saturated carbocycles. The normalized spacial score (nSPS) is 33.0. The zero-order chi connectivity index (χ0) is 12.3. The van der Waals surface area contributed by atoms with Crippen LogP contribution in [0.15, 0.2) is 0 Å². The van der Waals surface area contributed by atoms with Crippen LogP contribution in [0, 0.1) is 11.3 Å². The van der Waals surface area contributed by atoms with Gasteiger partial charge in [0, 0.05) is 19.8 Å². The maximum atomic E-state index is 5.52. The fraction of sp³-hybridized carbons (Fsp3) is 1.00. The molecule has 3 nitrogen and oxygen atoms in total. The molecule has 0 aromatic heterocycles. The van der Waals surface area contributed by atoms with Crippen molar-refractivity contribution < 1.29 is 4.74 Å². The van der Waals surface area contributed by atoms with Gasteiger partial charge >= 0.3 is 0 Å². The number of piperidine rings is 1. The van der Waals surface area contributed by atoms with Crippen LogP contribution in [0.4, 0.5) is 0 Å². The molecule has 18 heavy (non-hydrogen) atoms. The molecule has 3 aliphatic heterocycles. The number of hydrogen-bond acceptors (Lipinski definition) is 3. The predicted molar refractivity (Wildman–Crippen MR) is 73.8 cm³/mol. The van der Waals surface area contributed by atoms with Crippen molar-refractivity contribution in [3.8, 4) is 0 Å². The van der Waals surface area contributed by atoms with Crippen molar-refractivity contribution in [2.75, 3.05) is 45.9 Å². The number of nitrogens with one attached hydrogen (secondary N) is 1. The van der Waals surface area contributed by atoms with E-state index in [1.807, 2.05) is 0 Å². The van der Waals surface area contributed by atoms with Crippen LogP contribution in [0.3, 0.4) is 0 Å². The summed E-state index contributed by atoms with van der Waals surface area (Å²) in [7, 11) is 0. The molecule has 0 aliphatic carbocycles. The summed E-state index contributed by atoms with van der Waals surface area (Å²) in [4.78, 5) is 2.72. The molecule has 0 bridgehead atoms. The van der Waals surface area contributed by atoms with Crippen LogP contribution in [-0.2, 0) is 4.74 Å². The maximum absolute atomic E-state index is 5.52. The van der Waals surface area contributed by atoms with Crippen molar-refractivity contribution in [1.29, 1.82) is 0 Å². The third-order valence-electron chi connectivity index (χ3n) is 5.32. The third kappa shape index (κ3) is 3.06. The van der Waals surface area contributed by atoms with Crippen molar-refractivity contribution in [1.82, 2.24) is 10.2 Å². The lowest BCUT2D eigenvalue weighted by atomic mass is 9.80. The molecule has 0 amide bonds. The Kier molecular flexibility index (Phi) is 4.22. The van der Waals surface area contributed by atoms with Crippen molar-refractivity contribution in [3.05, 3.63) is 0 Å². The van der Waals surface area contributed by atoms with E-state index in [4.69, 9.17) is 4.74 Å². The van der Waals surface area contributed by atoms with E-state index >= 15 is 0 Å². The lowest BCUT2D eigenvalue weighted by Gasteiger charge is -2.33. The Labute approximate surface area is 111 Å². The second kappa shape index (κ2) is 5.89. The molecule has 0 radical (unpaired) electrons. The molecule has 1 atom stereocenters. The van der Waals surface area contributed by atoms with E-state index < -0.39 is 0 Å².